The highest BCUT2D eigenvalue weighted by molar-refractivity contribution is 5.95. The fraction of sp³-hybridized carbons (Fsp3) is 0.625. The van der Waals surface area contributed by atoms with Gasteiger partial charge in [0.05, 0.1) is 18.8 Å². The number of nitrogens with zero attached hydrogens (tertiary/aromatic N) is 2. The third-order valence-corrected chi connectivity index (χ3v) is 3.90. The number of rotatable bonds is 3. The summed E-state index contributed by atoms with van der Waals surface area (Å²) in [7, 11) is 0. The van der Waals surface area contributed by atoms with Gasteiger partial charge in [-0.15, -0.1) is 0 Å². The molecule has 0 aliphatic carbocycles. The highest BCUT2D eigenvalue weighted by Crippen LogP contribution is 2.21. The summed E-state index contributed by atoms with van der Waals surface area (Å²) in [6.07, 6.45) is 0.955. The van der Waals surface area contributed by atoms with Crippen molar-refractivity contribution in [2.24, 2.45) is 0 Å². The van der Waals surface area contributed by atoms with Gasteiger partial charge in [0, 0.05) is 17.8 Å². The van der Waals surface area contributed by atoms with Crippen LogP contribution in [0.25, 0.3) is 0 Å². The molecule has 116 valence electrons. The van der Waals surface area contributed by atoms with Crippen molar-refractivity contribution in [3.05, 3.63) is 23.4 Å². The first-order valence-corrected chi connectivity index (χ1v) is 7.62. The summed E-state index contributed by atoms with van der Waals surface area (Å²) in [5, 5.41) is 0. The summed E-state index contributed by atoms with van der Waals surface area (Å²) in [4.78, 5) is 19.0. The van der Waals surface area contributed by atoms with Crippen molar-refractivity contribution >= 4 is 11.7 Å². The molecule has 0 saturated carbocycles. The predicted molar refractivity (Wildman–Crippen MR) is 83.3 cm³/mol. The number of anilines is 1. The molecule has 0 spiro atoms. The van der Waals surface area contributed by atoms with Crippen LogP contribution < -0.4 is 5.73 Å². The number of carbonyl (C=O) groups excluding carboxylic acids is 1. The lowest BCUT2D eigenvalue weighted by Gasteiger charge is -2.38. The molecule has 1 amide bonds. The van der Waals surface area contributed by atoms with Crippen LogP contribution in [-0.2, 0) is 4.74 Å². The molecule has 2 N–H and O–H groups in total. The van der Waals surface area contributed by atoms with Crippen LogP contribution in [0.15, 0.2) is 12.1 Å². The van der Waals surface area contributed by atoms with Gasteiger partial charge < -0.3 is 15.4 Å². The number of hydrogen-bond donors (Lipinski definition) is 1. The Bertz CT molecular complexity index is 516. The van der Waals surface area contributed by atoms with E-state index in [1.807, 2.05) is 31.7 Å². The lowest BCUT2D eigenvalue weighted by Crippen LogP contribution is -2.51. The van der Waals surface area contributed by atoms with E-state index in [-0.39, 0.29) is 24.0 Å². The molecule has 0 bridgehead atoms. The smallest absolute Gasteiger partial charge is 0.254 e. The van der Waals surface area contributed by atoms with Gasteiger partial charge in [0.15, 0.2) is 0 Å². The maximum absolute atomic E-state index is 12.8. The number of nitrogen functional groups attached to an aromatic ring is 1. The third-order valence-electron chi connectivity index (χ3n) is 3.90. The molecule has 1 saturated heterocycles. The largest absolute Gasteiger partial charge is 0.384 e. The van der Waals surface area contributed by atoms with Crippen molar-refractivity contribution in [3.63, 3.8) is 0 Å². The van der Waals surface area contributed by atoms with E-state index in [0.29, 0.717) is 24.5 Å². The van der Waals surface area contributed by atoms with Gasteiger partial charge in [-0.2, -0.15) is 0 Å². The standard InChI is InChI=1S/C16H25N3O2/c1-5-13-9-21-11(4)8-19(13)16(20)12-6-14(10(2)3)18-15(17)7-12/h6-7,10-11,13H,5,8-9H2,1-4H3,(H2,17,18). The summed E-state index contributed by atoms with van der Waals surface area (Å²) in [5.41, 5.74) is 7.33. The minimum atomic E-state index is 0.0213. The number of morpholine rings is 1. The normalized spacial score (nSPS) is 22.6. The van der Waals surface area contributed by atoms with Crippen LogP contribution in [0.4, 0.5) is 5.82 Å². The molecule has 1 aromatic heterocycles. The zero-order valence-corrected chi connectivity index (χ0v) is 13.3. The predicted octanol–water partition coefficient (Wildman–Crippen LogP) is 2.43. The van der Waals surface area contributed by atoms with Crippen molar-refractivity contribution in [3.8, 4) is 0 Å². The van der Waals surface area contributed by atoms with Crippen molar-refractivity contribution in [2.75, 3.05) is 18.9 Å². The van der Waals surface area contributed by atoms with E-state index in [9.17, 15) is 4.79 Å². The molecule has 2 unspecified atom stereocenters. The molecule has 1 aromatic rings. The molecular weight excluding hydrogens is 266 g/mol. The van der Waals surface area contributed by atoms with Crippen LogP contribution >= 0.6 is 0 Å². The van der Waals surface area contributed by atoms with E-state index in [1.165, 1.54) is 0 Å². The average molecular weight is 291 g/mol. The van der Waals surface area contributed by atoms with E-state index in [4.69, 9.17) is 10.5 Å². The fourth-order valence-electron chi connectivity index (χ4n) is 2.59. The monoisotopic (exact) mass is 291 g/mol. The molecule has 5 nitrogen and oxygen atoms in total. The Balaban J connectivity index is 2.29. The minimum absolute atomic E-state index is 0.0213. The van der Waals surface area contributed by atoms with Gasteiger partial charge in [-0.1, -0.05) is 20.8 Å². The molecule has 2 atom stereocenters. The topological polar surface area (TPSA) is 68.5 Å². The minimum Gasteiger partial charge on any atom is -0.384 e. The van der Waals surface area contributed by atoms with Gasteiger partial charge >= 0.3 is 0 Å². The average Bonchev–Trinajstić information content (AvgIpc) is 2.45. The maximum atomic E-state index is 12.8. The molecule has 1 aliphatic heterocycles. The van der Waals surface area contributed by atoms with Crippen LogP contribution in [0.1, 0.15) is 56.1 Å². The lowest BCUT2D eigenvalue weighted by atomic mass is 10.0. The Kier molecular flexibility index (Phi) is 4.83. The number of hydrogen-bond acceptors (Lipinski definition) is 4. The van der Waals surface area contributed by atoms with E-state index >= 15 is 0 Å². The van der Waals surface area contributed by atoms with Gasteiger partial charge in [-0.05, 0) is 31.4 Å². The summed E-state index contributed by atoms with van der Waals surface area (Å²) in [6.45, 7) is 9.37. The molecule has 1 aliphatic rings. The summed E-state index contributed by atoms with van der Waals surface area (Å²) in [6, 6.07) is 3.66. The van der Waals surface area contributed by atoms with Crippen LogP contribution in [-0.4, -0.2) is 41.1 Å². The van der Waals surface area contributed by atoms with E-state index in [0.717, 1.165) is 12.1 Å². The van der Waals surface area contributed by atoms with Gasteiger partial charge in [-0.3, -0.25) is 4.79 Å². The van der Waals surface area contributed by atoms with Crippen molar-refractivity contribution < 1.29 is 9.53 Å². The Morgan fingerprint density at radius 2 is 2.24 bits per heavy atom. The first-order chi connectivity index (χ1) is 9.92. The Morgan fingerprint density at radius 3 is 2.86 bits per heavy atom. The summed E-state index contributed by atoms with van der Waals surface area (Å²) < 4.78 is 5.65. The maximum Gasteiger partial charge on any atom is 0.254 e. The third kappa shape index (κ3) is 3.53. The second-order valence-corrected chi connectivity index (χ2v) is 6.02. The van der Waals surface area contributed by atoms with Gasteiger partial charge in [0.1, 0.15) is 5.82 Å². The number of aromatic nitrogens is 1. The van der Waals surface area contributed by atoms with Crippen LogP contribution in [0.3, 0.4) is 0 Å². The lowest BCUT2D eigenvalue weighted by molar-refractivity contribution is -0.0444. The van der Waals surface area contributed by atoms with Crippen molar-refractivity contribution in [2.45, 2.75) is 52.2 Å². The Labute approximate surface area is 126 Å². The van der Waals surface area contributed by atoms with Crippen molar-refractivity contribution in [1.82, 2.24) is 9.88 Å². The number of nitrogens with two attached hydrogens (primary N) is 1. The first-order valence-electron chi connectivity index (χ1n) is 7.62. The molecule has 1 fully saturated rings. The zero-order valence-electron chi connectivity index (χ0n) is 13.3. The Hall–Kier alpha value is -1.62. The molecular formula is C16H25N3O2. The van der Waals surface area contributed by atoms with E-state index in [2.05, 4.69) is 11.9 Å². The highest BCUT2D eigenvalue weighted by atomic mass is 16.5. The highest BCUT2D eigenvalue weighted by Gasteiger charge is 2.30. The van der Waals surface area contributed by atoms with Crippen molar-refractivity contribution in [1.29, 1.82) is 0 Å². The summed E-state index contributed by atoms with van der Waals surface area (Å²) >= 11 is 0. The SMILES string of the molecule is CCC1COC(C)CN1C(=O)c1cc(N)nc(C(C)C)c1. The molecule has 2 heterocycles. The fourth-order valence-corrected chi connectivity index (χ4v) is 2.59. The number of carbonyl (C=O) groups is 1. The molecule has 5 heteroatoms. The van der Waals surface area contributed by atoms with Crippen LogP contribution in [0, 0.1) is 0 Å². The van der Waals surface area contributed by atoms with Gasteiger partial charge in [0.25, 0.3) is 5.91 Å². The Morgan fingerprint density at radius 1 is 1.52 bits per heavy atom. The van der Waals surface area contributed by atoms with Crippen LogP contribution in [0.5, 0.6) is 0 Å². The number of pyridine rings is 1. The van der Waals surface area contributed by atoms with E-state index in [1.54, 1.807) is 6.07 Å². The number of ether oxygens (including phenoxy) is 1. The van der Waals surface area contributed by atoms with Gasteiger partial charge in [0.2, 0.25) is 0 Å². The quantitative estimate of drug-likeness (QED) is 0.928. The molecule has 0 aromatic carbocycles. The summed E-state index contributed by atoms with van der Waals surface area (Å²) in [5.74, 6) is 0.664. The number of amides is 1. The molecule has 21 heavy (non-hydrogen) atoms. The second-order valence-electron chi connectivity index (χ2n) is 6.02. The second kappa shape index (κ2) is 6.43. The van der Waals surface area contributed by atoms with Gasteiger partial charge in [-0.25, -0.2) is 4.98 Å². The zero-order chi connectivity index (χ0) is 15.6. The molecule has 2 rings (SSSR count). The first kappa shape index (κ1) is 15.8. The van der Waals surface area contributed by atoms with E-state index < -0.39 is 0 Å². The van der Waals surface area contributed by atoms with Crippen LogP contribution in [0.2, 0.25) is 0 Å². The molecule has 0 radical (unpaired) electrons.